The second-order valence-corrected chi connectivity index (χ2v) is 12.1. The van der Waals surface area contributed by atoms with Crippen LogP contribution in [0.1, 0.15) is 12.8 Å². The fourth-order valence-electron chi connectivity index (χ4n) is 1.70. The molecule has 0 bridgehead atoms. The molecule has 0 radical (unpaired) electrons. The average Bonchev–Trinajstić information content (AvgIpc) is 2.20. The zero-order chi connectivity index (χ0) is 10.8. The van der Waals surface area contributed by atoms with E-state index >= 15 is 0 Å². The van der Waals surface area contributed by atoms with Crippen LogP contribution in [0.2, 0.25) is 13.3 Å². The summed E-state index contributed by atoms with van der Waals surface area (Å²) < 4.78 is 4.03. The summed E-state index contributed by atoms with van der Waals surface area (Å²) in [6.45, 7) is 2.94. The standard InChI is InChI=1S/C6H13N.C2H6NO4.Sn/c1-3-5-7-6-4-2;1-2-5-3-6-7-4;/h7H,1-6H2;3-4H,1-2H2;/q;;+1/p-1. The molecule has 0 aliphatic carbocycles. The Labute approximate surface area is 96.8 Å². The zero-order valence-corrected chi connectivity index (χ0v) is 11.6. The van der Waals surface area contributed by atoms with E-state index in [1.165, 1.54) is 26.2 Å². The minimum atomic E-state index is -1.19. The van der Waals surface area contributed by atoms with Gasteiger partial charge in [0.25, 0.3) is 0 Å². The number of nitrogens with one attached hydrogen (secondary N) is 2. The van der Waals surface area contributed by atoms with E-state index in [0.717, 1.165) is 13.1 Å². The van der Waals surface area contributed by atoms with Crippen LogP contribution in [0.25, 0.3) is 0 Å². The molecule has 0 aromatic heterocycles. The maximum absolute atomic E-state index is 9.42. The van der Waals surface area contributed by atoms with Crippen molar-refractivity contribution in [1.82, 2.24) is 11.0 Å². The van der Waals surface area contributed by atoms with E-state index in [1.54, 1.807) is 0 Å². The van der Waals surface area contributed by atoms with E-state index in [4.69, 9.17) is 4.84 Å². The first-order valence-corrected chi connectivity index (χ1v) is 11.4. The van der Waals surface area contributed by atoms with Crippen LogP contribution in [-0.4, -0.2) is 39.5 Å². The van der Waals surface area contributed by atoms with Crippen molar-refractivity contribution in [3.05, 3.63) is 0 Å². The van der Waals surface area contributed by atoms with E-state index in [1.807, 2.05) is 5.64 Å². The average molecular weight is 325 g/mol. The monoisotopic (exact) mass is 326 g/mol. The predicted octanol–water partition coefficient (Wildman–Crippen LogP) is -0.476. The molecule has 0 unspecified atom stereocenters. The Hall–Kier alpha value is 0.559. The Balaban J connectivity index is 1.97. The van der Waals surface area contributed by atoms with E-state index in [-0.39, 0.29) is 0 Å². The van der Waals surface area contributed by atoms with Crippen LogP contribution in [0, 0.1) is 0 Å². The molecular formula is C8H18N2O4Sn. The summed E-state index contributed by atoms with van der Waals surface area (Å²) in [5.74, 6) is 0. The van der Waals surface area contributed by atoms with Gasteiger partial charge in [-0.25, -0.2) is 0 Å². The van der Waals surface area contributed by atoms with E-state index in [9.17, 15) is 5.26 Å². The number of hydrogen-bond donors (Lipinski definition) is 2. The summed E-state index contributed by atoms with van der Waals surface area (Å²) in [7, 11) is 0. The first-order chi connectivity index (χ1) is 7.43. The van der Waals surface area contributed by atoms with Crippen molar-refractivity contribution in [3.8, 4) is 0 Å². The van der Waals surface area contributed by atoms with Gasteiger partial charge in [0.05, 0.1) is 0 Å². The van der Waals surface area contributed by atoms with E-state index in [2.05, 4.69) is 15.3 Å². The van der Waals surface area contributed by atoms with Crippen molar-refractivity contribution < 1.29 is 20.1 Å². The second-order valence-electron chi connectivity index (χ2n) is 3.54. The summed E-state index contributed by atoms with van der Waals surface area (Å²) in [5.41, 5.74) is 1.99. The van der Waals surface area contributed by atoms with Crippen LogP contribution in [0.3, 0.4) is 0 Å². The van der Waals surface area contributed by atoms with Crippen molar-refractivity contribution in [2.45, 2.75) is 26.2 Å². The molecule has 1 fully saturated rings. The molecule has 1 heterocycles. The fraction of sp³-hybridized carbons (Fsp3) is 1.00. The number of hydrogen-bond acceptors (Lipinski definition) is 6. The molecule has 0 amide bonds. The second kappa shape index (κ2) is 9.76. The van der Waals surface area contributed by atoms with Gasteiger partial charge in [0, 0.05) is 0 Å². The van der Waals surface area contributed by atoms with Gasteiger partial charge in [-0.1, -0.05) is 0 Å². The fourth-order valence-corrected chi connectivity index (χ4v) is 8.82. The summed E-state index contributed by atoms with van der Waals surface area (Å²) in [5, 5.41) is 15.9. The quantitative estimate of drug-likeness (QED) is 0.298. The summed E-state index contributed by atoms with van der Waals surface area (Å²) in [6, 6.07) is 0. The van der Waals surface area contributed by atoms with Gasteiger partial charge < -0.3 is 0 Å². The van der Waals surface area contributed by atoms with Gasteiger partial charge in [-0.3, -0.25) is 0 Å². The van der Waals surface area contributed by atoms with Gasteiger partial charge in [0.15, 0.2) is 0 Å². The van der Waals surface area contributed by atoms with Gasteiger partial charge in [0.2, 0.25) is 0 Å². The Morgan fingerprint density at radius 2 is 2.00 bits per heavy atom. The molecule has 0 spiro atoms. The minimum absolute atomic E-state index is 0.617. The molecule has 1 saturated heterocycles. The molecule has 2 N–H and O–H groups in total. The zero-order valence-electron chi connectivity index (χ0n) is 8.79. The molecule has 1 aliphatic rings. The number of rotatable bonds is 6. The molecule has 0 aromatic carbocycles. The van der Waals surface area contributed by atoms with Crippen molar-refractivity contribution in [2.75, 3.05) is 19.7 Å². The first kappa shape index (κ1) is 13.6. The summed E-state index contributed by atoms with van der Waals surface area (Å²) in [6.07, 6.45) is 2.62. The van der Waals surface area contributed by atoms with Gasteiger partial charge in [-0.05, 0) is 0 Å². The van der Waals surface area contributed by atoms with Crippen LogP contribution in [0.15, 0.2) is 0 Å². The molecule has 0 saturated carbocycles. The molecule has 0 aromatic rings. The molecular weight excluding hydrogens is 307 g/mol. The van der Waals surface area contributed by atoms with Crippen molar-refractivity contribution in [1.29, 1.82) is 0 Å². The molecule has 88 valence electrons. The topological polar surface area (TPSA) is 74.8 Å². The summed E-state index contributed by atoms with van der Waals surface area (Å²) in [4.78, 5) is 8.74. The summed E-state index contributed by atoms with van der Waals surface area (Å²) >= 11 is -1.19. The van der Waals surface area contributed by atoms with E-state index < -0.39 is 19.8 Å². The van der Waals surface area contributed by atoms with Gasteiger partial charge >= 0.3 is 96.7 Å². The van der Waals surface area contributed by atoms with Gasteiger partial charge in [0.1, 0.15) is 0 Å². The molecule has 1 rings (SSSR count). The Kier molecular flexibility index (Phi) is 8.87. The van der Waals surface area contributed by atoms with Crippen LogP contribution in [-0.2, 0) is 14.9 Å². The SMILES string of the molecule is [O-]OONOC[CH2][Sn+]1[CH2]CCNCC[CH2]1. The van der Waals surface area contributed by atoms with Crippen molar-refractivity contribution >= 4 is 19.8 Å². The molecule has 7 heteroatoms. The third kappa shape index (κ3) is 7.45. The van der Waals surface area contributed by atoms with Crippen LogP contribution >= 0.6 is 0 Å². The van der Waals surface area contributed by atoms with E-state index in [0.29, 0.717) is 6.61 Å². The van der Waals surface area contributed by atoms with Crippen LogP contribution < -0.4 is 16.2 Å². The molecule has 0 atom stereocenters. The Morgan fingerprint density at radius 1 is 1.27 bits per heavy atom. The van der Waals surface area contributed by atoms with Crippen LogP contribution in [0.4, 0.5) is 0 Å². The van der Waals surface area contributed by atoms with Crippen molar-refractivity contribution in [3.63, 3.8) is 0 Å². The van der Waals surface area contributed by atoms with Crippen LogP contribution in [0.5, 0.6) is 0 Å². The van der Waals surface area contributed by atoms with Gasteiger partial charge in [-0.2, -0.15) is 0 Å². The third-order valence-corrected chi connectivity index (χ3v) is 11.1. The van der Waals surface area contributed by atoms with Crippen molar-refractivity contribution in [2.24, 2.45) is 0 Å². The predicted molar refractivity (Wildman–Crippen MR) is 53.5 cm³/mol. The molecule has 1 aliphatic heterocycles. The Bertz CT molecular complexity index is 145. The normalized spacial score (nSPS) is 18.6. The molecule has 6 nitrogen and oxygen atoms in total. The first-order valence-electron chi connectivity index (χ1n) is 5.30. The Morgan fingerprint density at radius 3 is 2.67 bits per heavy atom. The maximum atomic E-state index is 9.42. The molecule has 15 heavy (non-hydrogen) atoms. The third-order valence-electron chi connectivity index (χ3n) is 2.45. The van der Waals surface area contributed by atoms with Gasteiger partial charge in [-0.15, -0.1) is 0 Å².